The van der Waals surface area contributed by atoms with Crippen LogP contribution in [0.4, 0.5) is 19.0 Å². The van der Waals surface area contributed by atoms with Gasteiger partial charge >= 0.3 is 6.18 Å². The van der Waals surface area contributed by atoms with Crippen molar-refractivity contribution in [3.63, 3.8) is 0 Å². The molecule has 0 radical (unpaired) electrons. The summed E-state index contributed by atoms with van der Waals surface area (Å²) in [7, 11) is 0. The fraction of sp³-hybridized carbons (Fsp3) is 0.300. The Hall–Kier alpha value is -1.92. The topological polar surface area (TPSA) is 50.3 Å². The van der Waals surface area contributed by atoms with Crippen LogP contribution in [0.25, 0.3) is 0 Å². The van der Waals surface area contributed by atoms with E-state index in [2.05, 4.69) is 4.98 Å². The number of nitrogens with zero attached hydrogens (tertiary/aromatic N) is 2. The highest BCUT2D eigenvalue weighted by Gasteiger charge is 2.33. The minimum Gasteiger partial charge on any atom is -0.297 e. The molecule has 1 fully saturated rings. The minimum atomic E-state index is -4.46. The lowest BCUT2D eigenvalue weighted by Crippen LogP contribution is -2.25. The van der Waals surface area contributed by atoms with Crippen LogP contribution in [0.3, 0.4) is 0 Å². The van der Waals surface area contributed by atoms with E-state index in [1.54, 1.807) is 0 Å². The number of ketones is 1. The Morgan fingerprint density at radius 3 is 2.35 bits per heavy atom. The normalized spacial score (nSPS) is 16.8. The van der Waals surface area contributed by atoms with Crippen LogP contribution in [0.5, 0.6) is 0 Å². The second-order valence-corrected chi connectivity index (χ2v) is 3.60. The van der Waals surface area contributed by atoms with Gasteiger partial charge in [0.1, 0.15) is 5.82 Å². The number of carbonyl (C=O) groups is 2. The largest absolute Gasteiger partial charge is 0.417 e. The van der Waals surface area contributed by atoms with E-state index in [0.717, 1.165) is 17.0 Å². The Morgan fingerprint density at radius 2 is 1.94 bits per heavy atom. The molecule has 2 heterocycles. The second kappa shape index (κ2) is 3.83. The minimum absolute atomic E-state index is 0.0638. The highest BCUT2D eigenvalue weighted by atomic mass is 19.4. The number of hydrogen-bond donors (Lipinski definition) is 0. The van der Waals surface area contributed by atoms with Crippen molar-refractivity contribution in [1.82, 2.24) is 4.98 Å². The fourth-order valence-corrected chi connectivity index (χ4v) is 1.51. The van der Waals surface area contributed by atoms with Gasteiger partial charge in [0.05, 0.1) is 18.5 Å². The first-order valence-corrected chi connectivity index (χ1v) is 4.73. The number of aromatic nitrogens is 1. The van der Waals surface area contributed by atoms with Crippen LogP contribution in [0.2, 0.25) is 0 Å². The van der Waals surface area contributed by atoms with E-state index in [1.165, 1.54) is 0 Å². The number of pyridine rings is 1. The maximum Gasteiger partial charge on any atom is 0.417 e. The molecule has 0 unspecified atom stereocenters. The standard InChI is InChI=1S/C10H7F3N2O2/c11-10(12,13)6-1-2-8(14-4-6)15-5-7(16)3-9(15)17/h1-2,4H,3,5H2. The molecule has 1 amide bonds. The van der Waals surface area contributed by atoms with Crippen LogP contribution in [0.1, 0.15) is 12.0 Å². The average Bonchev–Trinajstić information content (AvgIpc) is 2.57. The molecule has 17 heavy (non-hydrogen) atoms. The summed E-state index contributed by atoms with van der Waals surface area (Å²) in [6.45, 7) is -0.128. The van der Waals surface area contributed by atoms with E-state index >= 15 is 0 Å². The Kier molecular flexibility index (Phi) is 2.60. The molecule has 90 valence electrons. The van der Waals surface area contributed by atoms with E-state index in [-0.39, 0.29) is 24.6 Å². The predicted octanol–water partition coefficient (Wildman–Crippen LogP) is 1.41. The zero-order valence-corrected chi connectivity index (χ0v) is 8.49. The van der Waals surface area contributed by atoms with Crippen molar-refractivity contribution in [1.29, 1.82) is 0 Å². The van der Waals surface area contributed by atoms with Crippen LogP contribution in [-0.4, -0.2) is 23.2 Å². The molecule has 1 saturated heterocycles. The monoisotopic (exact) mass is 244 g/mol. The number of anilines is 1. The quantitative estimate of drug-likeness (QED) is 0.702. The summed E-state index contributed by atoms with van der Waals surface area (Å²) < 4.78 is 36.8. The van der Waals surface area contributed by atoms with Gasteiger partial charge < -0.3 is 0 Å². The molecule has 0 atom stereocenters. The third kappa shape index (κ3) is 2.27. The van der Waals surface area contributed by atoms with E-state index in [9.17, 15) is 22.8 Å². The Labute approximate surface area is 94.0 Å². The highest BCUT2D eigenvalue weighted by Crippen LogP contribution is 2.29. The highest BCUT2D eigenvalue weighted by molar-refractivity contribution is 6.14. The van der Waals surface area contributed by atoms with Crippen molar-refractivity contribution in [2.24, 2.45) is 0 Å². The van der Waals surface area contributed by atoms with Gasteiger partial charge in [0.25, 0.3) is 0 Å². The molecule has 0 aliphatic carbocycles. The molecular weight excluding hydrogens is 237 g/mol. The molecule has 1 aromatic heterocycles. The van der Waals surface area contributed by atoms with E-state index < -0.39 is 17.6 Å². The predicted molar refractivity (Wildman–Crippen MR) is 51.2 cm³/mol. The first-order valence-electron chi connectivity index (χ1n) is 4.73. The number of halogens is 3. The lowest BCUT2D eigenvalue weighted by molar-refractivity contribution is -0.137. The van der Waals surface area contributed by atoms with Gasteiger partial charge in [-0.2, -0.15) is 13.2 Å². The first kappa shape index (κ1) is 11.6. The van der Waals surface area contributed by atoms with Gasteiger partial charge in [-0.25, -0.2) is 4.98 Å². The number of alkyl halides is 3. The summed E-state index contributed by atoms with van der Waals surface area (Å²) in [5.41, 5.74) is -0.890. The maximum atomic E-state index is 12.3. The molecule has 0 N–H and O–H groups in total. The second-order valence-electron chi connectivity index (χ2n) is 3.60. The lowest BCUT2D eigenvalue weighted by Gasteiger charge is -2.14. The summed E-state index contributed by atoms with van der Waals surface area (Å²) in [4.78, 5) is 26.9. The van der Waals surface area contributed by atoms with Crippen molar-refractivity contribution in [3.8, 4) is 0 Å². The summed E-state index contributed by atoms with van der Waals surface area (Å²) in [6, 6.07) is 1.91. The molecule has 1 aliphatic rings. The molecular formula is C10H7F3N2O2. The van der Waals surface area contributed by atoms with Crippen LogP contribution < -0.4 is 4.90 Å². The molecule has 0 bridgehead atoms. The molecule has 7 heteroatoms. The molecule has 1 aliphatic heterocycles. The Morgan fingerprint density at radius 1 is 1.24 bits per heavy atom. The van der Waals surface area contributed by atoms with Crippen LogP contribution in [-0.2, 0) is 15.8 Å². The molecule has 0 aromatic carbocycles. The summed E-state index contributed by atoms with van der Waals surface area (Å²) in [6.07, 6.45) is -4.04. The third-order valence-corrected chi connectivity index (χ3v) is 2.34. The number of rotatable bonds is 1. The zero-order valence-electron chi connectivity index (χ0n) is 8.49. The smallest absolute Gasteiger partial charge is 0.297 e. The molecule has 0 spiro atoms. The average molecular weight is 244 g/mol. The summed E-state index contributed by atoms with van der Waals surface area (Å²) in [5.74, 6) is -0.646. The van der Waals surface area contributed by atoms with E-state index in [1.807, 2.05) is 0 Å². The first-order chi connectivity index (χ1) is 7.88. The molecule has 2 rings (SSSR count). The zero-order chi connectivity index (χ0) is 12.6. The van der Waals surface area contributed by atoms with Gasteiger partial charge in [-0.1, -0.05) is 0 Å². The number of amides is 1. The summed E-state index contributed by atoms with van der Waals surface area (Å²) in [5, 5.41) is 0. The van der Waals surface area contributed by atoms with E-state index in [4.69, 9.17) is 0 Å². The molecule has 4 nitrogen and oxygen atoms in total. The number of carbonyl (C=O) groups excluding carboxylic acids is 2. The Bertz CT molecular complexity index is 467. The lowest BCUT2D eigenvalue weighted by atomic mass is 10.3. The van der Waals surface area contributed by atoms with Gasteiger partial charge in [0.15, 0.2) is 5.78 Å². The van der Waals surface area contributed by atoms with Crippen molar-refractivity contribution in [3.05, 3.63) is 23.9 Å². The van der Waals surface area contributed by atoms with Crippen LogP contribution in [0, 0.1) is 0 Å². The number of hydrogen-bond acceptors (Lipinski definition) is 3. The van der Waals surface area contributed by atoms with Gasteiger partial charge in [0.2, 0.25) is 5.91 Å². The summed E-state index contributed by atoms with van der Waals surface area (Å²) >= 11 is 0. The fourth-order valence-electron chi connectivity index (χ4n) is 1.51. The number of Topliss-reactive ketones (excluding diaryl/α,β-unsaturated/α-hetero) is 1. The van der Waals surface area contributed by atoms with Crippen molar-refractivity contribution < 1.29 is 22.8 Å². The molecule has 1 aromatic rings. The van der Waals surface area contributed by atoms with Crippen molar-refractivity contribution in [2.75, 3.05) is 11.4 Å². The van der Waals surface area contributed by atoms with Crippen LogP contribution >= 0.6 is 0 Å². The maximum absolute atomic E-state index is 12.3. The van der Waals surface area contributed by atoms with Gasteiger partial charge in [0, 0.05) is 6.20 Å². The van der Waals surface area contributed by atoms with Gasteiger partial charge in [-0.05, 0) is 12.1 Å². The van der Waals surface area contributed by atoms with Gasteiger partial charge in [-0.3, -0.25) is 14.5 Å². The van der Waals surface area contributed by atoms with Crippen molar-refractivity contribution in [2.45, 2.75) is 12.6 Å². The van der Waals surface area contributed by atoms with Crippen molar-refractivity contribution >= 4 is 17.5 Å². The van der Waals surface area contributed by atoms with E-state index in [0.29, 0.717) is 6.20 Å². The Balaban J connectivity index is 2.24. The van der Waals surface area contributed by atoms with Crippen LogP contribution in [0.15, 0.2) is 18.3 Å². The van der Waals surface area contributed by atoms with Gasteiger partial charge in [-0.15, -0.1) is 0 Å². The third-order valence-electron chi connectivity index (χ3n) is 2.34. The SMILES string of the molecule is O=C1CC(=O)N(c2ccc(C(F)(F)F)cn2)C1. The molecule has 0 saturated carbocycles.